The number of rotatable bonds is 6. The number of hydrogen-bond donors (Lipinski definition) is 0. The summed E-state index contributed by atoms with van der Waals surface area (Å²) >= 11 is 0. The number of fused-ring (bicyclic) bond motifs is 1. The van der Waals surface area contributed by atoms with Gasteiger partial charge < -0.3 is 14.4 Å². The van der Waals surface area contributed by atoms with Crippen LogP contribution in [0.15, 0.2) is 67.1 Å². The molecule has 1 aliphatic heterocycles. The van der Waals surface area contributed by atoms with Crippen LogP contribution in [-0.4, -0.2) is 28.6 Å². The number of aryl methyl sites for hydroxylation is 1. The van der Waals surface area contributed by atoms with Gasteiger partial charge in [-0.05, 0) is 55.3 Å². The quantitative estimate of drug-likeness (QED) is 0.395. The highest BCUT2D eigenvalue weighted by Gasteiger charge is 2.20. The molecule has 0 amide bonds. The molecule has 34 heavy (non-hydrogen) atoms. The molecule has 4 heterocycles. The van der Waals surface area contributed by atoms with Crippen LogP contribution in [0.25, 0.3) is 11.1 Å². The van der Waals surface area contributed by atoms with Crippen LogP contribution in [-0.2, 0) is 19.6 Å². The smallest absolute Gasteiger partial charge is 0.136 e. The summed E-state index contributed by atoms with van der Waals surface area (Å²) in [6.07, 6.45) is 6.49. The van der Waals surface area contributed by atoms with Crippen molar-refractivity contribution >= 4 is 5.82 Å². The van der Waals surface area contributed by atoms with Gasteiger partial charge in [-0.1, -0.05) is 18.2 Å². The molecule has 0 bridgehead atoms. The molecule has 0 spiro atoms. The van der Waals surface area contributed by atoms with E-state index in [0.717, 1.165) is 64.8 Å². The van der Waals surface area contributed by atoms with E-state index in [1.54, 1.807) is 7.11 Å². The van der Waals surface area contributed by atoms with Gasteiger partial charge in [-0.3, -0.25) is 9.97 Å². The maximum Gasteiger partial charge on any atom is 0.136 e. The lowest BCUT2D eigenvalue weighted by Crippen LogP contribution is -2.31. The molecule has 172 valence electrons. The highest BCUT2D eigenvalue weighted by Crippen LogP contribution is 2.33. The number of hydrogen-bond acceptors (Lipinski definition) is 6. The Morgan fingerprint density at radius 2 is 1.74 bits per heavy atom. The van der Waals surface area contributed by atoms with Gasteiger partial charge in [0.2, 0.25) is 0 Å². The Labute approximate surface area is 200 Å². The zero-order valence-electron chi connectivity index (χ0n) is 19.8. The fourth-order valence-electron chi connectivity index (χ4n) is 4.52. The molecule has 0 atom stereocenters. The Balaban J connectivity index is 1.33. The molecule has 0 aliphatic carbocycles. The summed E-state index contributed by atoms with van der Waals surface area (Å²) in [5.41, 5.74) is 7.59. The van der Waals surface area contributed by atoms with E-state index in [9.17, 15) is 0 Å². The normalized spacial score (nSPS) is 12.9. The summed E-state index contributed by atoms with van der Waals surface area (Å²) in [7, 11) is 1.69. The Morgan fingerprint density at radius 1 is 0.941 bits per heavy atom. The van der Waals surface area contributed by atoms with Gasteiger partial charge in [0.1, 0.15) is 23.9 Å². The Morgan fingerprint density at radius 3 is 2.56 bits per heavy atom. The molecule has 1 aromatic carbocycles. The molecular weight excluding hydrogens is 424 g/mol. The van der Waals surface area contributed by atoms with E-state index >= 15 is 0 Å². The van der Waals surface area contributed by atoms with Gasteiger partial charge in [0.25, 0.3) is 0 Å². The Bertz CT molecular complexity index is 1300. The average Bonchev–Trinajstić information content (AvgIpc) is 2.88. The van der Waals surface area contributed by atoms with Crippen molar-refractivity contribution in [3.63, 3.8) is 0 Å². The van der Waals surface area contributed by atoms with Crippen molar-refractivity contribution in [3.8, 4) is 22.6 Å². The average molecular weight is 453 g/mol. The lowest BCUT2D eigenvalue weighted by Gasteiger charge is -2.30. The van der Waals surface area contributed by atoms with Gasteiger partial charge in [-0.15, -0.1) is 0 Å². The van der Waals surface area contributed by atoms with Crippen molar-refractivity contribution < 1.29 is 9.47 Å². The van der Waals surface area contributed by atoms with E-state index in [2.05, 4.69) is 39.1 Å². The lowest BCUT2D eigenvalue weighted by molar-refractivity contribution is 0.299. The van der Waals surface area contributed by atoms with E-state index in [1.807, 2.05) is 56.7 Å². The third-order valence-electron chi connectivity index (χ3n) is 6.34. The second-order valence-electron chi connectivity index (χ2n) is 8.51. The molecule has 0 radical (unpaired) electrons. The number of methoxy groups -OCH3 is 1. The van der Waals surface area contributed by atoms with E-state index < -0.39 is 0 Å². The third kappa shape index (κ3) is 4.31. The van der Waals surface area contributed by atoms with Crippen LogP contribution >= 0.6 is 0 Å². The van der Waals surface area contributed by atoms with E-state index in [4.69, 9.17) is 14.5 Å². The highest BCUT2D eigenvalue weighted by atomic mass is 16.5. The Hall–Kier alpha value is -3.93. The fourth-order valence-corrected chi connectivity index (χ4v) is 4.52. The molecule has 5 rings (SSSR count). The molecule has 0 unspecified atom stereocenters. The maximum absolute atomic E-state index is 6.04. The molecule has 0 N–H and O–H groups in total. The van der Waals surface area contributed by atoms with Crippen LogP contribution in [0.2, 0.25) is 0 Å². The van der Waals surface area contributed by atoms with Crippen molar-refractivity contribution in [2.24, 2.45) is 0 Å². The number of nitrogens with zero attached hydrogens (tertiary/aromatic N) is 4. The van der Waals surface area contributed by atoms with E-state index in [0.29, 0.717) is 6.61 Å². The monoisotopic (exact) mass is 452 g/mol. The van der Waals surface area contributed by atoms with Gasteiger partial charge in [0.05, 0.1) is 12.8 Å². The van der Waals surface area contributed by atoms with Crippen LogP contribution in [0.3, 0.4) is 0 Å². The van der Waals surface area contributed by atoms with Crippen LogP contribution in [0.1, 0.15) is 28.1 Å². The molecule has 0 fully saturated rings. The number of anilines is 1. The van der Waals surface area contributed by atoms with Crippen molar-refractivity contribution in [3.05, 3.63) is 95.2 Å². The largest absolute Gasteiger partial charge is 0.496 e. The van der Waals surface area contributed by atoms with Crippen molar-refractivity contribution in [1.82, 2.24) is 15.0 Å². The first-order valence-corrected chi connectivity index (χ1v) is 11.5. The van der Waals surface area contributed by atoms with Gasteiger partial charge in [-0.2, -0.15) is 0 Å². The van der Waals surface area contributed by atoms with Crippen molar-refractivity contribution in [2.75, 3.05) is 18.6 Å². The molecule has 3 aromatic heterocycles. The highest BCUT2D eigenvalue weighted by molar-refractivity contribution is 5.76. The molecule has 1 aliphatic rings. The summed E-state index contributed by atoms with van der Waals surface area (Å²) in [5, 5.41) is 0. The first-order valence-electron chi connectivity index (χ1n) is 11.5. The standard InChI is InChI=1S/C28H28N4O2/c1-19-16-31-26(20(2)27(19)33-3)18-34-23-10-8-21(9-11-23)24-7-5-14-30-28(24)32-15-12-25-22(17-32)6-4-13-29-25/h4-11,13-14,16H,12,15,17-18H2,1-3H3. The maximum atomic E-state index is 6.04. The van der Waals surface area contributed by atoms with E-state index in [-0.39, 0.29) is 0 Å². The second-order valence-corrected chi connectivity index (χ2v) is 8.51. The minimum atomic E-state index is 0.390. The molecule has 6 nitrogen and oxygen atoms in total. The number of aromatic nitrogens is 3. The van der Waals surface area contributed by atoms with Gasteiger partial charge in [-0.25, -0.2) is 4.98 Å². The van der Waals surface area contributed by atoms with Crippen LogP contribution in [0.5, 0.6) is 11.5 Å². The molecule has 0 saturated carbocycles. The lowest BCUT2D eigenvalue weighted by atomic mass is 10.0. The van der Waals surface area contributed by atoms with Crippen LogP contribution in [0, 0.1) is 13.8 Å². The number of ether oxygens (including phenoxy) is 2. The summed E-state index contributed by atoms with van der Waals surface area (Å²) < 4.78 is 11.5. The minimum absolute atomic E-state index is 0.390. The zero-order chi connectivity index (χ0) is 23.5. The minimum Gasteiger partial charge on any atom is -0.496 e. The van der Waals surface area contributed by atoms with Crippen LogP contribution < -0.4 is 14.4 Å². The first-order chi connectivity index (χ1) is 16.6. The van der Waals surface area contributed by atoms with Crippen molar-refractivity contribution in [1.29, 1.82) is 0 Å². The van der Waals surface area contributed by atoms with E-state index in [1.165, 1.54) is 11.3 Å². The number of pyridine rings is 3. The second kappa shape index (κ2) is 9.51. The summed E-state index contributed by atoms with van der Waals surface area (Å²) in [4.78, 5) is 16.1. The molecule has 4 aromatic rings. The van der Waals surface area contributed by atoms with Crippen molar-refractivity contribution in [2.45, 2.75) is 33.4 Å². The SMILES string of the molecule is COc1c(C)cnc(COc2ccc(-c3cccnc3N3CCc4ncccc4C3)cc2)c1C. The predicted molar refractivity (Wildman–Crippen MR) is 133 cm³/mol. The fraction of sp³-hybridized carbons (Fsp3) is 0.250. The predicted octanol–water partition coefficient (Wildman–Crippen LogP) is 5.31. The van der Waals surface area contributed by atoms with Gasteiger partial charge in [0.15, 0.2) is 0 Å². The zero-order valence-corrected chi connectivity index (χ0v) is 19.8. The summed E-state index contributed by atoms with van der Waals surface area (Å²) in [5.74, 6) is 2.66. The molecule has 0 saturated heterocycles. The molecular formula is C28H28N4O2. The molecule has 6 heteroatoms. The van der Waals surface area contributed by atoms with Crippen LogP contribution in [0.4, 0.5) is 5.82 Å². The first kappa shape index (κ1) is 21.9. The van der Waals surface area contributed by atoms with Gasteiger partial charge in [0, 0.05) is 60.5 Å². The topological polar surface area (TPSA) is 60.4 Å². The summed E-state index contributed by atoms with van der Waals surface area (Å²) in [6, 6.07) is 16.5. The Kier molecular flexibility index (Phi) is 6.12. The summed E-state index contributed by atoms with van der Waals surface area (Å²) in [6.45, 7) is 6.12. The van der Waals surface area contributed by atoms with Gasteiger partial charge >= 0.3 is 0 Å². The number of benzene rings is 1. The third-order valence-corrected chi connectivity index (χ3v) is 6.34.